The van der Waals surface area contributed by atoms with Crippen LogP contribution >= 0.6 is 11.3 Å². The molecule has 1 nitrogen and oxygen atoms in total. The van der Waals surface area contributed by atoms with Crippen molar-refractivity contribution < 1.29 is 8.78 Å². The maximum Gasteiger partial charge on any atom is 0.129 e. The zero-order valence-electron chi connectivity index (χ0n) is 12.8. The van der Waals surface area contributed by atoms with E-state index in [-0.39, 0.29) is 11.5 Å². The Morgan fingerprint density at radius 2 is 1.86 bits per heavy atom. The molecule has 0 aliphatic carbocycles. The highest BCUT2D eigenvalue weighted by atomic mass is 32.1. The van der Waals surface area contributed by atoms with E-state index >= 15 is 0 Å². The smallest absolute Gasteiger partial charge is 0.129 e. The third kappa shape index (κ3) is 3.89. The quantitative estimate of drug-likeness (QED) is 0.853. The fraction of sp³-hybridized carbons (Fsp3) is 0.412. The molecule has 21 heavy (non-hydrogen) atoms. The van der Waals surface area contributed by atoms with E-state index in [1.54, 1.807) is 11.3 Å². The summed E-state index contributed by atoms with van der Waals surface area (Å²) in [6.45, 7) is 6.53. The average molecular weight is 309 g/mol. The SMILES string of the molecule is CNC(Cc1ccc(F)cc1F)c1ccc(C(C)(C)C)s1. The molecule has 0 saturated heterocycles. The highest BCUT2D eigenvalue weighted by Gasteiger charge is 2.20. The van der Waals surface area contributed by atoms with Crippen molar-refractivity contribution in [2.45, 2.75) is 38.6 Å². The number of benzene rings is 1. The van der Waals surface area contributed by atoms with Gasteiger partial charge < -0.3 is 5.32 Å². The van der Waals surface area contributed by atoms with Gasteiger partial charge in [-0.1, -0.05) is 26.8 Å². The molecule has 1 aromatic carbocycles. The molecular weight excluding hydrogens is 288 g/mol. The van der Waals surface area contributed by atoms with Crippen molar-refractivity contribution in [3.8, 4) is 0 Å². The first kappa shape index (κ1) is 16.1. The third-order valence-electron chi connectivity index (χ3n) is 3.50. The van der Waals surface area contributed by atoms with Crippen molar-refractivity contribution >= 4 is 11.3 Å². The topological polar surface area (TPSA) is 12.0 Å². The van der Waals surface area contributed by atoms with Crippen LogP contribution in [0.25, 0.3) is 0 Å². The summed E-state index contributed by atoms with van der Waals surface area (Å²) in [5.74, 6) is -1.02. The van der Waals surface area contributed by atoms with E-state index in [1.165, 1.54) is 21.9 Å². The zero-order valence-corrected chi connectivity index (χ0v) is 13.7. The van der Waals surface area contributed by atoms with Gasteiger partial charge in [-0.15, -0.1) is 11.3 Å². The molecule has 1 atom stereocenters. The first-order chi connectivity index (χ1) is 9.81. The fourth-order valence-electron chi connectivity index (χ4n) is 2.20. The van der Waals surface area contributed by atoms with Gasteiger partial charge in [-0.3, -0.25) is 0 Å². The second-order valence-corrected chi connectivity index (χ2v) is 7.35. The molecule has 4 heteroatoms. The van der Waals surface area contributed by atoms with Gasteiger partial charge in [-0.25, -0.2) is 8.78 Å². The third-order valence-corrected chi connectivity index (χ3v) is 5.12. The molecule has 0 aliphatic heterocycles. The summed E-state index contributed by atoms with van der Waals surface area (Å²) < 4.78 is 26.8. The summed E-state index contributed by atoms with van der Waals surface area (Å²) in [5, 5.41) is 3.22. The van der Waals surface area contributed by atoms with Crippen LogP contribution in [0.1, 0.15) is 42.1 Å². The van der Waals surface area contributed by atoms with Crippen molar-refractivity contribution in [3.63, 3.8) is 0 Å². The lowest BCUT2D eigenvalue weighted by atomic mass is 9.95. The molecule has 1 N–H and O–H groups in total. The van der Waals surface area contributed by atoms with Gasteiger partial charge >= 0.3 is 0 Å². The Kier molecular flexibility index (Phi) is 4.79. The normalized spacial score (nSPS) is 13.4. The van der Waals surface area contributed by atoms with Crippen LogP contribution in [0.4, 0.5) is 8.78 Å². The lowest BCUT2D eigenvalue weighted by Crippen LogP contribution is -2.18. The molecule has 114 valence electrons. The number of hydrogen-bond donors (Lipinski definition) is 1. The summed E-state index contributed by atoms with van der Waals surface area (Å²) in [5.41, 5.74) is 0.643. The second-order valence-electron chi connectivity index (χ2n) is 6.23. The molecule has 1 aromatic heterocycles. The Labute approximate surface area is 129 Å². The maximum atomic E-state index is 13.8. The largest absolute Gasteiger partial charge is 0.312 e. The van der Waals surface area contributed by atoms with E-state index in [0.29, 0.717) is 12.0 Å². The van der Waals surface area contributed by atoms with E-state index in [4.69, 9.17) is 0 Å². The first-order valence-electron chi connectivity index (χ1n) is 7.02. The molecule has 0 saturated carbocycles. The molecule has 0 amide bonds. The Balaban J connectivity index is 2.22. The number of nitrogens with one attached hydrogen (secondary N) is 1. The number of hydrogen-bond acceptors (Lipinski definition) is 2. The summed E-state index contributed by atoms with van der Waals surface area (Å²) in [6.07, 6.45) is 0.507. The van der Waals surface area contributed by atoms with Crippen LogP contribution in [-0.2, 0) is 11.8 Å². The Bertz CT molecular complexity index is 613. The van der Waals surface area contributed by atoms with E-state index < -0.39 is 11.6 Å². The predicted molar refractivity (Wildman–Crippen MR) is 84.9 cm³/mol. The summed E-state index contributed by atoms with van der Waals surface area (Å²) in [7, 11) is 1.86. The minimum Gasteiger partial charge on any atom is -0.312 e. The summed E-state index contributed by atoms with van der Waals surface area (Å²) in [4.78, 5) is 2.48. The van der Waals surface area contributed by atoms with Gasteiger partial charge in [0.05, 0.1) is 0 Å². The zero-order chi connectivity index (χ0) is 15.6. The number of halogens is 2. The van der Waals surface area contributed by atoms with Gasteiger partial charge in [-0.2, -0.15) is 0 Å². The van der Waals surface area contributed by atoms with E-state index in [9.17, 15) is 8.78 Å². The van der Waals surface area contributed by atoms with Crippen molar-refractivity contribution in [1.29, 1.82) is 0 Å². The molecule has 0 bridgehead atoms. The Morgan fingerprint density at radius 1 is 1.14 bits per heavy atom. The predicted octanol–water partition coefficient (Wildman–Crippen LogP) is 4.83. The van der Waals surface area contributed by atoms with Crippen molar-refractivity contribution in [2.75, 3.05) is 7.05 Å². The number of rotatable bonds is 4. The molecule has 2 aromatic rings. The highest BCUT2D eigenvalue weighted by molar-refractivity contribution is 7.12. The molecule has 1 unspecified atom stereocenters. The molecule has 0 aliphatic rings. The van der Waals surface area contributed by atoms with Gasteiger partial charge in [0.1, 0.15) is 11.6 Å². The minimum absolute atomic E-state index is 0.0334. The van der Waals surface area contributed by atoms with Crippen molar-refractivity contribution in [3.05, 3.63) is 57.3 Å². The number of likely N-dealkylation sites (N-methyl/N-ethyl adjacent to an activating group) is 1. The van der Waals surface area contributed by atoms with Crippen LogP contribution < -0.4 is 5.32 Å². The first-order valence-corrected chi connectivity index (χ1v) is 7.84. The van der Waals surface area contributed by atoms with Crippen LogP contribution in [0.2, 0.25) is 0 Å². The molecule has 0 radical (unpaired) electrons. The molecule has 2 rings (SSSR count). The van der Waals surface area contributed by atoms with Crippen molar-refractivity contribution in [1.82, 2.24) is 5.32 Å². The second kappa shape index (κ2) is 6.24. The summed E-state index contributed by atoms with van der Waals surface area (Å²) >= 11 is 1.74. The van der Waals surface area contributed by atoms with Gasteiger partial charge in [-0.05, 0) is 42.6 Å². The highest BCUT2D eigenvalue weighted by Crippen LogP contribution is 2.33. The van der Waals surface area contributed by atoms with E-state index in [1.807, 2.05) is 7.05 Å². The molecule has 0 spiro atoms. The van der Waals surface area contributed by atoms with Crippen LogP contribution in [0.5, 0.6) is 0 Å². The van der Waals surface area contributed by atoms with Crippen LogP contribution in [0, 0.1) is 11.6 Å². The van der Waals surface area contributed by atoms with Gasteiger partial charge in [0.2, 0.25) is 0 Å². The monoisotopic (exact) mass is 309 g/mol. The minimum atomic E-state index is -0.539. The molecular formula is C17H21F2NS. The van der Waals surface area contributed by atoms with Gasteiger partial charge in [0, 0.05) is 21.9 Å². The molecule has 0 fully saturated rings. The van der Waals surface area contributed by atoms with Gasteiger partial charge in [0.25, 0.3) is 0 Å². The summed E-state index contributed by atoms with van der Waals surface area (Å²) in [6, 6.07) is 8.02. The molecule has 1 heterocycles. The Morgan fingerprint density at radius 3 is 2.38 bits per heavy atom. The Hall–Kier alpha value is -1.26. The van der Waals surface area contributed by atoms with Crippen LogP contribution in [-0.4, -0.2) is 7.05 Å². The van der Waals surface area contributed by atoms with Gasteiger partial charge in [0.15, 0.2) is 0 Å². The van der Waals surface area contributed by atoms with Crippen LogP contribution in [0.3, 0.4) is 0 Å². The maximum absolute atomic E-state index is 13.8. The standard InChI is InChI=1S/C17H21F2NS/c1-17(2,3)16-8-7-15(21-16)14(20-4)9-11-5-6-12(18)10-13(11)19/h5-8,10,14,20H,9H2,1-4H3. The number of thiophene rings is 1. The van der Waals surface area contributed by atoms with E-state index in [2.05, 4.69) is 38.2 Å². The van der Waals surface area contributed by atoms with Crippen molar-refractivity contribution in [2.24, 2.45) is 0 Å². The lowest BCUT2D eigenvalue weighted by Gasteiger charge is -2.17. The fourth-order valence-corrected chi connectivity index (χ4v) is 3.37. The van der Waals surface area contributed by atoms with Crippen LogP contribution in [0.15, 0.2) is 30.3 Å². The van der Waals surface area contributed by atoms with E-state index in [0.717, 1.165) is 6.07 Å². The average Bonchev–Trinajstić information content (AvgIpc) is 2.87. The lowest BCUT2D eigenvalue weighted by molar-refractivity contribution is 0.544.